The van der Waals surface area contributed by atoms with Crippen LogP contribution < -0.4 is 9.88 Å². The lowest BCUT2D eigenvalue weighted by molar-refractivity contribution is -0.705. The summed E-state index contributed by atoms with van der Waals surface area (Å²) in [6, 6.07) is 21.3. The number of hydrogen-bond acceptors (Lipinski definition) is 1. The first kappa shape index (κ1) is 17.2. The topological polar surface area (TPSA) is 33.0 Å². The second-order valence-electron chi connectivity index (χ2n) is 5.99. The summed E-state index contributed by atoms with van der Waals surface area (Å²) in [5.74, 6) is -0.0805. The summed E-state index contributed by atoms with van der Waals surface area (Å²) >= 11 is 5.95. The molecule has 0 fully saturated rings. The zero-order valence-electron chi connectivity index (χ0n) is 14.0. The fourth-order valence-corrected chi connectivity index (χ4v) is 2.82. The van der Waals surface area contributed by atoms with Crippen molar-refractivity contribution in [3.05, 3.63) is 95.3 Å². The zero-order chi connectivity index (χ0) is 17.6. The van der Waals surface area contributed by atoms with Gasteiger partial charge < -0.3 is 5.32 Å². The van der Waals surface area contributed by atoms with Gasteiger partial charge in [-0.05, 0) is 35.7 Å². The first-order valence-electron chi connectivity index (χ1n) is 8.22. The number of carbonyl (C=O) groups excluding carboxylic acids is 1. The van der Waals surface area contributed by atoms with E-state index in [-0.39, 0.29) is 11.9 Å². The third kappa shape index (κ3) is 4.68. The van der Waals surface area contributed by atoms with Gasteiger partial charge in [-0.15, -0.1) is 0 Å². The predicted molar refractivity (Wildman–Crippen MR) is 101 cm³/mol. The number of aromatic nitrogens is 1. The Bertz CT molecular complexity index is 847. The van der Waals surface area contributed by atoms with E-state index in [1.165, 1.54) is 11.1 Å². The molecular formula is C21H20ClN2O+. The van der Waals surface area contributed by atoms with Crippen LogP contribution in [0.3, 0.4) is 0 Å². The molecule has 0 aliphatic heterocycles. The van der Waals surface area contributed by atoms with Crippen molar-refractivity contribution in [1.29, 1.82) is 0 Å². The van der Waals surface area contributed by atoms with Gasteiger partial charge in [0.05, 0.1) is 0 Å². The summed E-state index contributed by atoms with van der Waals surface area (Å²) in [4.78, 5) is 12.4. The van der Waals surface area contributed by atoms with Gasteiger partial charge in [0.1, 0.15) is 0 Å². The number of hydrogen-bond donors (Lipinski definition) is 1. The third-order valence-corrected chi connectivity index (χ3v) is 4.33. The molecule has 0 unspecified atom stereocenters. The van der Waals surface area contributed by atoms with Crippen molar-refractivity contribution in [2.24, 2.45) is 0 Å². The Morgan fingerprint density at radius 2 is 1.68 bits per heavy atom. The van der Waals surface area contributed by atoms with Gasteiger partial charge in [-0.1, -0.05) is 48.0 Å². The number of benzene rings is 2. The summed E-state index contributed by atoms with van der Waals surface area (Å²) < 4.78 is 1.90. The molecule has 3 aromatic rings. The van der Waals surface area contributed by atoms with Crippen LogP contribution in [0.15, 0.2) is 79.1 Å². The summed E-state index contributed by atoms with van der Waals surface area (Å²) in [5.41, 5.74) is 3.18. The average molecular weight is 352 g/mol. The second kappa shape index (κ2) is 7.95. The van der Waals surface area contributed by atoms with E-state index in [1.807, 2.05) is 54.2 Å². The maximum absolute atomic E-state index is 12.4. The first-order valence-corrected chi connectivity index (χ1v) is 8.59. The molecule has 0 aliphatic carbocycles. The third-order valence-electron chi connectivity index (χ3n) is 4.09. The molecule has 3 rings (SSSR count). The summed E-state index contributed by atoms with van der Waals surface area (Å²) in [7, 11) is 0. The van der Waals surface area contributed by atoms with Crippen LogP contribution >= 0.6 is 11.6 Å². The first-order chi connectivity index (χ1) is 12.1. The Labute approximate surface area is 152 Å². The number of anilines is 1. The van der Waals surface area contributed by atoms with Crippen molar-refractivity contribution in [1.82, 2.24) is 0 Å². The van der Waals surface area contributed by atoms with E-state index < -0.39 is 0 Å². The Balaban J connectivity index is 1.65. The van der Waals surface area contributed by atoms with Gasteiger partial charge in [0.15, 0.2) is 12.4 Å². The number of nitrogens with zero attached hydrogens (tertiary/aromatic N) is 1. The Morgan fingerprint density at radius 3 is 2.36 bits per heavy atom. The Morgan fingerprint density at radius 1 is 1.00 bits per heavy atom. The molecule has 4 heteroatoms. The quantitative estimate of drug-likeness (QED) is 0.678. The van der Waals surface area contributed by atoms with Crippen molar-refractivity contribution in [2.75, 3.05) is 5.32 Å². The van der Waals surface area contributed by atoms with E-state index in [1.54, 1.807) is 12.1 Å². The van der Waals surface area contributed by atoms with Gasteiger partial charge >= 0.3 is 0 Å². The summed E-state index contributed by atoms with van der Waals surface area (Å²) in [6.45, 7) is 1.87. The molecule has 126 valence electrons. The van der Waals surface area contributed by atoms with E-state index in [0.717, 1.165) is 6.42 Å². The van der Waals surface area contributed by atoms with Crippen molar-refractivity contribution in [2.45, 2.75) is 19.4 Å². The minimum atomic E-state index is -0.315. The van der Waals surface area contributed by atoms with Gasteiger partial charge in [0.2, 0.25) is 6.04 Å². The molecule has 1 N–H and O–H groups in total. The van der Waals surface area contributed by atoms with Crippen molar-refractivity contribution in [3.63, 3.8) is 0 Å². The minimum absolute atomic E-state index is 0.0805. The normalized spacial score (nSPS) is 11.8. The molecule has 2 aromatic carbocycles. The highest BCUT2D eigenvalue weighted by Crippen LogP contribution is 2.16. The Hall–Kier alpha value is -2.65. The fourth-order valence-electron chi connectivity index (χ4n) is 2.62. The Kier molecular flexibility index (Phi) is 5.46. The number of carbonyl (C=O) groups is 1. The van der Waals surface area contributed by atoms with Gasteiger partial charge in [-0.25, -0.2) is 0 Å². The standard InChI is InChI=1S/C21H19ClN2O/c1-16(21(25)23-20-9-5-8-19(22)15-20)24-12-10-18(11-13-24)14-17-6-3-2-4-7-17/h2-13,15-16H,14H2,1H3/p+1/t16-/m1/s1. The largest absolute Gasteiger partial charge is 0.320 e. The highest BCUT2D eigenvalue weighted by atomic mass is 35.5. The van der Waals surface area contributed by atoms with Crippen molar-refractivity contribution >= 4 is 23.2 Å². The van der Waals surface area contributed by atoms with E-state index in [2.05, 4.69) is 29.6 Å². The molecule has 1 heterocycles. The van der Waals surface area contributed by atoms with Crippen LogP contribution in [0.1, 0.15) is 24.1 Å². The lowest BCUT2D eigenvalue weighted by Gasteiger charge is -2.09. The van der Waals surface area contributed by atoms with Crippen LogP contribution in [0.4, 0.5) is 5.69 Å². The molecule has 0 saturated heterocycles. The van der Waals surface area contributed by atoms with Crippen LogP contribution in [0.5, 0.6) is 0 Å². The zero-order valence-corrected chi connectivity index (χ0v) is 14.8. The molecule has 1 aromatic heterocycles. The van der Waals surface area contributed by atoms with Crippen LogP contribution in [0.25, 0.3) is 0 Å². The SMILES string of the molecule is C[C@H](C(=O)Nc1cccc(Cl)c1)[n+]1ccc(Cc2ccccc2)cc1. The molecular weight excluding hydrogens is 332 g/mol. The van der Waals surface area contributed by atoms with E-state index >= 15 is 0 Å². The molecule has 3 nitrogen and oxygen atoms in total. The maximum Gasteiger partial charge on any atom is 0.293 e. The molecule has 0 aliphatic rings. The lowest BCUT2D eigenvalue weighted by Crippen LogP contribution is -2.44. The molecule has 0 spiro atoms. The summed E-state index contributed by atoms with van der Waals surface area (Å²) in [5, 5.41) is 3.49. The number of rotatable bonds is 5. The van der Waals surface area contributed by atoms with Gasteiger partial charge in [-0.3, -0.25) is 4.79 Å². The van der Waals surface area contributed by atoms with Crippen LogP contribution in [-0.4, -0.2) is 5.91 Å². The lowest BCUT2D eigenvalue weighted by atomic mass is 10.1. The minimum Gasteiger partial charge on any atom is -0.320 e. The number of pyridine rings is 1. The van der Waals surface area contributed by atoms with Gasteiger partial charge in [-0.2, -0.15) is 4.57 Å². The van der Waals surface area contributed by atoms with Crippen LogP contribution in [0.2, 0.25) is 5.02 Å². The predicted octanol–water partition coefficient (Wildman–Crippen LogP) is 4.42. The van der Waals surface area contributed by atoms with E-state index in [4.69, 9.17) is 11.6 Å². The molecule has 1 atom stereocenters. The highest BCUT2D eigenvalue weighted by molar-refractivity contribution is 6.30. The number of halogens is 1. The molecule has 0 bridgehead atoms. The average Bonchev–Trinajstić information content (AvgIpc) is 2.62. The number of amides is 1. The van der Waals surface area contributed by atoms with Gasteiger partial charge in [0.25, 0.3) is 5.91 Å². The maximum atomic E-state index is 12.4. The monoisotopic (exact) mass is 351 g/mol. The smallest absolute Gasteiger partial charge is 0.293 e. The van der Waals surface area contributed by atoms with Gasteiger partial charge in [0, 0.05) is 29.8 Å². The summed E-state index contributed by atoms with van der Waals surface area (Å²) in [6.07, 6.45) is 4.77. The molecule has 0 radical (unpaired) electrons. The van der Waals surface area contributed by atoms with Crippen molar-refractivity contribution < 1.29 is 9.36 Å². The van der Waals surface area contributed by atoms with Crippen LogP contribution in [0, 0.1) is 0 Å². The second-order valence-corrected chi connectivity index (χ2v) is 6.43. The molecule has 25 heavy (non-hydrogen) atoms. The van der Waals surface area contributed by atoms with Crippen molar-refractivity contribution in [3.8, 4) is 0 Å². The number of nitrogens with one attached hydrogen (secondary N) is 1. The highest BCUT2D eigenvalue weighted by Gasteiger charge is 2.21. The fraction of sp³-hybridized carbons (Fsp3) is 0.143. The van der Waals surface area contributed by atoms with E-state index in [9.17, 15) is 4.79 Å². The molecule has 1 amide bonds. The van der Waals surface area contributed by atoms with E-state index in [0.29, 0.717) is 10.7 Å². The molecule has 0 saturated carbocycles. The van der Waals surface area contributed by atoms with Crippen LogP contribution in [-0.2, 0) is 11.2 Å².